The van der Waals surface area contributed by atoms with Gasteiger partial charge in [0.2, 0.25) is 10.0 Å². The first-order valence-electron chi connectivity index (χ1n) is 6.89. The van der Waals surface area contributed by atoms with E-state index in [9.17, 15) is 8.42 Å². The molecule has 0 amide bonds. The molecule has 2 unspecified atom stereocenters. The molecule has 2 aliphatic rings. The lowest BCUT2D eigenvalue weighted by Crippen LogP contribution is -2.41. The highest BCUT2D eigenvalue weighted by atomic mass is 32.2. The van der Waals surface area contributed by atoms with Gasteiger partial charge in [0.15, 0.2) is 0 Å². The molecule has 0 aliphatic carbocycles. The molecule has 2 atom stereocenters. The zero-order valence-electron chi connectivity index (χ0n) is 11.0. The van der Waals surface area contributed by atoms with Crippen molar-refractivity contribution in [3.63, 3.8) is 0 Å². The number of hydrogen-bond donors (Lipinski definition) is 2. The minimum atomic E-state index is -3.15. The number of hydrogen-bond acceptors (Lipinski definition) is 4. The van der Waals surface area contributed by atoms with Gasteiger partial charge in [0.1, 0.15) is 0 Å². The Morgan fingerprint density at radius 3 is 2.61 bits per heavy atom. The average Bonchev–Trinajstić information content (AvgIpc) is 2.73. The van der Waals surface area contributed by atoms with E-state index >= 15 is 0 Å². The zero-order chi connectivity index (χ0) is 13.0. The molecule has 2 saturated heterocycles. The molecule has 5 nitrogen and oxygen atoms in total. The maximum absolute atomic E-state index is 12.0. The summed E-state index contributed by atoms with van der Waals surface area (Å²) in [5.41, 5.74) is 0. The third-order valence-corrected chi connectivity index (χ3v) is 5.40. The highest BCUT2D eigenvalue weighted by Gasteiger charge is 2.28. The van der Waals surface area contributed by atoms with Gasteiger partial charge in [0, 0.05) is 12.6 Å². The molecule has 2 fully saturated rings. The van der Waals surface area contributed by atoms with Crippen LogP contribution in [0.1, 0.15) is 32.6 Å². The Labute approximate surface area is 110 Å². The molecule has 2 aliphatic heterocycles. The van der Waals surface area contributed by atoms with Gasteiger partial charge in [0.05, 0.1) is 11.9 Å². The number of sulfonamides is 1. The van der Waals surface area contributed by atoms with Crippen LogP contribution in [-0.4, -0.2) is 46.0 Å². The molecule has 0 spiro atoms. The highest BCUT2D eigenvalue weighted by molar-refractivity contribution is 7.89. The Bertz CT molecular complexity index is 352. The van der Waals surface area contributed by atoms with Crippen molar-refractivity contribution in [3.05, 3.63) is 0 Å². The smallest absolute Gasteiger partial charge is 0.211 e. The fraction of sp³-hybridized carbons (Fsp3) is 1.00. The number of ether oxygens (including phenoxy) is 1. The van der Waals surface area contributed by atoms with E-state index in [2.05, 4.69) is 10.0 Å². The fourth-order valence-electron chi connectivity index (χ4n) is 2.67. The largest absolute Gasteiger partial charge is 0.377 e. The van der Waals surface area contributed by atoms with E-state index in [0.717, 1.165) is 38.8 Å². The summed E-state index contributed by atoms with van der Waals surface area (Å²) in [6.07, 6.45) is 3.75. The van der Waals surface area contributed by atoms with Gasteiger partial charge >= 0.3 is 0 Å². The van der Waals surface area contributed by atoms with Crippen molar-refractivity contribution in [2.75, 3.05) is 25.4 Å². The van der Waals surface area contributed by atoms with Crippen LogP contribution in [0.5, 0.6) is 0 Å². The van der Waals surface area contributed by atoms with E-state index in [1.807, 2.05) is 6.92 Å². The molecule has 0 radical (unpaired) electrons. The van der Waals surface area contributed by atoms with Gasteiger partial charge in [-0.15, -0.1) is 0 Å². The van der Waals surface area contributed by atoms with Crippen LogP contribution in [0.15, 0.2) is 0 Å². The third kappa shape index (κ3) is 4.19. The van der Waals surface area contributed by atoms with Crippen molar-refractivity contribution >= 4 is 10.0 Å². The maximum Gasteiger partial charge on any atom is 0.211 e. The zero-order valence-corrected chi connectivity index (χ0v) is 11.8. The van der Waals surface area contributed by atoms with Crippen molar-refractivity contribution in [3.8, 4) is 0 Å². The molecule has 0 aromatic rings. The van der Waals surface area contributed by atoms with E-state index in [-0.39, 0.29) is 17.9 Å². The number of rotatable bonds is 5. The summed E-state index contributed by atoms with van der Waals surface area (Å²) in [6.45, 7) is 4.62. The van der Waals surface area contributed by atoms with Gasteiger partial charge in [-0.1, -0.05) is 0 Å². The van der Waals surface area contributed by atoms with Gasteiger partial charge in [-0.05, 0) is 51.6 Å². The molecule has 0 saturated carbocycles. The van der Waals surface area contributed by atoms with Crippen molar-refractivity contribution < 1.29 is 13.2 Å². The van der Waals surface area contributed by atoms with Crippen LogP contribution in [0, 0.1) is 5.92 Å². The van der Waals surface area contributed by atoms with Crippen LogP contribution in [0.4, 0.5) is 0 Å². The average molecular weight is 276 g/mol. The first-order chi connectivity index (χ1) is 8.57. The Kier molecular flexibility index (Phi) is 5.00. The molecule has 0 bridgehead atoms. The van der Waals surface area contributed by atoms with E-state index in [4.69, 9.17) is 4.74 Å². The Balaban J connectivity index is 1.76. The standard InChI is InChI=1S/C12H24N2O3S/c1-10-12(4-8-17-10)14-18(15,16)9-5-11-2-6-13-7-3-11/h10-14H,2-9H2,1H3. The molecular weight excluding hydrogens is 252 g/mol. The van der Waals surface area contributed by atoms with Crippen molar-refractivity contribution in [1.29, 1.82) is 0 Å². The molecule has 0 aromatic carbocycles. The number of piperidine rings is 1. The SMILES string of the molecule is CC1OCCC1NS(=O)(=O)CCC1CCNCC1. The first-order valence-corrected chi connectivity index (χ1v) is 8.54. The molecule has 6 heteroatoms. The van der Waals surface area contributed by atoms with Crippen molar-refractivity contribution in [1.82, 2.24) is 10.0 Å². The summed E-state index contributed by atoms with van der Waals surface area (Å²) in [4.78, 5) is 0. The lowest BCUT2D eigenvalue weighted by atomic mass is 9.96. The van der Waals surface area contributed by atoms with Gasteiger partial charge < -0.3 is 10.1 Å². The predicted octanol–water partition coefficient (Wildman–Crippen LogP) is 0.473. The minimum Gasteiger partial charge on any atom is -0.377 e. The summed E-state index contributed by atoms with van der Waals surface area (Å²) >= 11 is 0. The first kappa shape index (κ1) is 14.2. The van der Waals surface area contributed by atoms with Gasteiger partial charge in [-0.3, -0.25) is 0 Å². The van der Waals surface area contributed by atoms with Crippen LogP contribution in [0.3, 0.4) is 0 Å². The second kappa shape index (κ2) is 6.32. The quantitative estimate of drug-likeness (QED) is 0.766. The van der Waals surface area contributed by atoms with Gasteiger partial charge in [0.25, 0.3) is 0 Å². The molecule has 2 heterocycles. The van der Waals surface area contributed by atoms with Crippen LogP contribution in [0.25, 0.3) is 0 Å². The molecule has 0 aromatic heterocycles. The van der Waals surface area contributed by atoms with Crippen LogP contribution >= 0.6 is 0 Å². The summed E-state index contributed by atoms with van der Waals surface area (Å²) in [6, 6.07) is -0.0389. The molecule has 2 rings (SSSR count). The molecular formula is C12H24N2O3S. The molecule has 2 N–H and O–H groups in total. The lowest BCUT2D eigenvalue weighted by molar-refractivity contribution is 0.117. The normalized spacial score (nSPS) is 30.7. The van der Waals surface area contributed by atoms with E-state index in [1.165, 1.54) is 0 Å². The third-order valence-electron chi connectivity index (χ3n) is 3.96. The molecule has 106 valence electrons. The van der Waals surface area contributed by atoms with Gasteiger partial charge in [-0.2, -0.15) is 0 Å². The predicted molar refractivity (Wildman–Crippen MR) is 71.0 cm³/mol. The van der Waals surface area contributed by atoms with Gasteiger partial charge in [-0.25, -0.2) is 13.1 Å². The van der Waals surface area contributed by atoms with Crippen LogP contribution < -0.4 is 10.0 Å². The maximum atomic E-state index is 12.0. The van der Waals surface area contributed by atoms with E-state index < -0.39 is 10.0 Å². The van der Waals surface area contributed by atoms with Crippen LogP contribution in [0.2, 0.25) is 0 Å². The molecule has 18 heavy (non-hydrogen) atoms. The summed E-state index contributed by atoms with van der Waals surface area (Å²) in [5, 5.41) is 3.29. The van der Waals surface area contributed by atoms with Crippen LogP contribution in [-0.2, 0) is 14.8 Å². The second-order valence-electron chi connectivity index (χ2n) is 5.39. The second-order valence-corrected chi connectivity index (χ2v) is 7.26. The lowest BCUT2D eigenvalue weighted by Gasteiger charge is -2.23. The topological polar surface area (TPSA) is 67.4 Å². The van der Waals surface area contributed by atoms with E-state index in [0.29, 0.717) is 12.5 Å². The van der Waals surface area contributed by atoms with E-state index in [1.54, 1.807) is 0 Å². The summed E-state index contributed by atoms with van der Waals surface area (Å²) in [5.74, 6) is 0.807. The Morgan fingerprint density at radius 2 is 2.00 bits per heavy atom. The highest BCUT2D eigenvalue weighted by Crippen LogP contribution is 2.18. The monoisotopic (exact) mass is 276 g/mol. The Hall–Kier alpha value is -0.170. The van der Waals surface area contributed by atoms with Crippen molar-refractivity contribution in [2.24, 2.45) is 5.92 Å². The summed E-state index contributed by atoms with van der Waals surface area (Å²) in [7, 11) is -3.15. The Morgan fingerprint density at radius 1 is 1.28 bits per heavy atom. The van der Waals surface area contributed by atoms with Crippen molar-refractivity contribution in [2.45, 2.75) is 44.8 Å². The summed E-state index contributed by atoms with van der Waals surface area (Å²) < 4.78 is 32.1. The number of nitrogens with one attached hydrogen (secondary N) is 2. The fourth-order valence-corrected chi connectivity index (χ4v) is 4.20. The minimum absolute atomic E-state index is 0.00124.